The van der Waals surface area contributed by atoms with Gasteiger partial charge in [-0.1, -0.05) is 48.0 Å². The second kappa shape index (κ2) is 8.15. The van der Waals surface area contributed by atoms with E-state index in [9.17, 15) is 14.7 Å². The predicted octanol–water partition coefficient (Wildman–Crippen LogP) is 3.01. The molecule has 0 radical (unpaired) electrons. The summed E-state index contributed by atoms with van der Waals surface area (Å²) in [5.41, 5.74) is 2.68. The normalized spacial score (nSPS) is 11.6. The maximum Gasteiger partial charge on any atom is 0.330 e. The number of hydrogen-bond acceptors (Lipinski definition) is 3. The molecule has 2 N–H and O–H groups in total. The predicted molar refractivity (Wildman–Crippen MR) is 91.0 cm³/mol. The van der Waals surface area contributed by atoms with Gasteiger partial charge in [0.1, 0.15) is 5.75 Å². The lowest BCUT2D eigenvalue weighted by molar-refractivity contribution is -0.142. The fourth-order valence-electron chi connectivity index (χ4n) is 2.38. The van der Waals surface area contributed by atoms with Crippen LogP contribution in [0.5, 0.6) is 5.75 Å². The van der Waals surface area contributed by atoms with E-state index in [1.54, 1.807) is 30.3 Å². The summed E-state index contributed by atoms with van der Waals surface area (Å²) in [4.78, 5) is 23.4. The summed E-state index contributed by atoms with van der Waals surface area (Å²) in [7, 11) is 0. The molecule has 2 aromatic carbocycles. The summed E-state index contributed by atoms with van der Waals surface area (Å²) in [6.07, 6.45) is 0.0872. The molecule has 1 atom stereocenters. The molecule has 1 unspecified atom stereocenters. The molecular formula is C19H21NO4. The SMILES string of the molecule is Cc1ccc(OCCC(=O)NC(C(=O)O)c2ccccc2)c(C)c1. The van der Waals surface area contributed by atoms with Crippen molar-refractivity contribution in [3.63, 3.8) is 0 Å². The van der Waals surface area contributed by atoms with E-state index in [0.717, 1.165) is 16.9 Å². The van der Waals surface area contributed by atoms with Crippen molar-refractivity contribution < 1.29 is 19.4 Å². The van der Waals surface area contributed by atoms with Crippen LogP contribution >= 0.6 is 0 Å². The molecule has 0 saturated carbocycles. The highest BCUT2D eigenvalue weighted by molar-refractivity contribution is 5.84. The van der Waals surface area contributed by atoms with Gasteiger partial charge < -0.3 is 15.2 Å². The molecule has 2 aromatic rings. The van der Waals surface area contributed by atoms with Gasteiger partial charge in [-0.05, 0) is 31.0 Å². The molecule has 24 heavy (non-hydrogen) atoms. The van der Waals surface area contributed by atoms with Gasteiger partial charge in [0.25, 0.3) is 0 Å². The molecule has 0 aliphatic carbocycles. The van der Waals surface area contributed by atoms with Gasteiger partial charge in [0.05, 0.1) is 13.0 Å². The van der Waals surface area contributed by atoms with Crippen LogP contribution in [-0.2, 0) is 9.59 Å². The van der Waals surface area contributed by atoms with Crippen LogP contribution in [-0.4, -0.2) is 23.6 Å². The number of benzene rings is 2. The molecule has 0 heterocycles. The zero-order valence-corrected chi connectivity index (χ0v) is 13.8. The number of nitrogens with one attached hydrogen (secondary N) is 1. The third-order valence-electron chi connectivity index (χ3n) is 3.60. The van der Waals surface area contributed by atoms with E-state index in [2.05, 4.69) is 5.32 Å². The van der Waals surface area contributed by atoms with Crippen LogP contribution in [0.1, 0.15) is 29.2 Å². The van der Waals surface area contributed by atoms with Crippen molar-refractivity contribution in [3.05, 3.63) is 65.2 Å². The first-order chi connectivity index (χ1) is 11.5. The molecule has 0 aliphatic heterocycles. The van der Waals surface area contributed by atoms with Crippen LogP contribution in [0.15, 0.2) is 48.5 Å². The maximum atomic E-state index is 12.0. The summed E-state index contributed by atoms with van der Waals surface area (Å²) in [6.45, 7) is 4.13. The fraction of sp³-hybridized carbons (Fsp3) is 0.263. The van der Waals surface area contributed by atoms with Crippen LogP contribution in [0, 0.1) is 13.8 Å². The van der Waals surface area contributed by atoms with Crippen molar-refractivity contribution in [1.29, 1.82) is 0 Å². The minimum absolute atomic E-state index is 0.0872. The van der Waals surface area contributed by atoms with E-state index in [0.29, 0.717) is 5.56 Å². The number of aryl methyl sites for hydroxylation is 2. The Balaban J connectivity index is 1.89. The van der Waals surface area contributed by atoms with E-state index < -0.39 is 12.0 Å². The Morgan fingerprint density at radius 3 is 2.46 bits per heavy atom. The number of carboxylic acid groups (broad SMARTS) is 1. The Bertz CT molecular complexity index is 713. The van der Waals surface area contributed by atoms with Gasteiger partial charge in [-0.25, -0.2) is 4.79 Å². The van der Waals surface area contributed by atoms with Crippen LogP contribution in [0.2, 0.25) is 0 Å². The van der Waals surface area contributed by atoms with Crippen LogP contribution in [0.25, 0.3) is 0 Å². The molecule has 0 saturated heterocycles. The van der Waals surface area contributed by atoms with E-state index in [-0.39, 0.29) is 18.9 Å². The zero-order chi connectivity index (χ0) is 17.5. The molecule has 0 fully saturated rings. The van der Waals surface area contributed by atoms with Crippen molar-refractivity contribution in [3.8, 4) is 5.75 Å². The Labute approximate surface area is 141 Å². The van der Waals surface area contributed by atoms with Gasteiger partial charge in [-0.3, -0.25) is 4.79 Å². The second-order valence-corrected chi connectivity index (χ2v) is 5.62. The molecular weight excluding hydrogens is 306 g/mol. The first kappa shape index (κ1) is 17.5. The third kappa shape index (κ3) is 4.84. The Hall–Kier alpha value is -2.82. The molecule has 2 rings (SSSR count). The highest BCUT2D eigenvalue weighted by Gasteiger charge is 2.21. The van der Waals surface area contributed by atoms with Crippen LogP contribution in [0.4, 0.5) is 0 Å². The zero-order valence-electron chi connectivity index (χ0n) is 13.8. The number of aliphatic carboxylic acids is 1. The summed E-state index contributed by atoms with van der Waals surface area (Å²) in [5, 5.41) is 11.8. The number of ether oxygens (including phenoxy) is 1. The highest BCUT2D eigenvalue weighted by atomic mass is 16.5. The van der Waals surface area contributed by atoms with Gasteiger partial charge in [0.2, 0.25) is 5.91 Å². The lowest BCUT2D eigenvalue weighted by Crippen LogP contribution is -2.34. The fourth-order valence-corrected chi connectivity index (χ4v) is 2.38. The quantitative estimate of drug-likeness (QED) is 0.819. The third-order valence-corrected chi connectivity index (χ3v) is 3.60. The Kier molecular flexibility index (Phi) is 5.95. The van der Waals surface area contributed by atoms with Gasteiger partial charge >= 0.3 is 5.97 Å². The average molecular weight is 327 g/mol. The lowest BCUT2D eigenvalue weighted by Gasteiger charge is -2.15. The van der Waals surface area contributed by atoms with Gasteiger partial charge in [0, 0.05) is 0 Å². The number of rotatable bonds is 7. The van der Waals surface area contributed by atoms with E-state index in [4.69, 9.17) is 4.74 Å². The Morgan fingerprint density at radius 2 is 1.83 bits per heavy atom. The standard InChI is InChI=1S/C19H21NO4/c1-13-8-9-16(14(2)12-13)24-11-10-17(21)20-18(19(22)23)15-6-4-3-5-7-15/h3-9,12,18H,10-11H2,1-2H3,(H,20,21)(H,22,23). The minimum atomic E-state index is -1.09. The van der Waals surface area contributed by atoms with Crippen molar-refractivity contribution in [2.75, 3.05) is 6.61 Å². The molecule has 0 aliphatic rings. The van der Waals surface area contributed by atoms with Crippen molar-refractivity contribution in [2.24, 2.45) is 0 Å². The Morgan fingerprint density at radius 1 is 1.12 bits per heavy atom. The number of carboxylic acids is 1. The van der Waals surface area contributed by atoms with Crippen molar-refractivity contribution in [2.45, 2.75) is 26.3 Å². The summed E-state index contributed by atoms with van der Waals surface area (Å²) in [5.74, 6) is -0.730. The topological polar surface area (TPSA) is 75.6 Å². The summed E-state index contributed by atoms with van der Waals surface area (Å²) < 4.78 is 5.60. The van der Waals surface area contributed by atoms with Crippen LogP contribution < -0.4 is 10.1 Å². The average Bonchev–Trinajstić information content (AvgIpc) is 2.55. The van der Waals surface area contributed by atoms with Gasteiger partial charge in [-0.2, -0.15) is 0 Å². The molecule has 1 amide bonds. The monoisotopic (exact) mass is 327 g/mol. The molecule has 126 valence electrons. The van der Waals surface area contributed by atoms with Crippen LogP contribution in [0.3, 0.4) is 0 Å². The molecule has 0 spiro atoms. The van der Waals surface area contributed by atoms with E-state index in [1.807, 2.05) is 32.0 Å². The number of amides is 1. The molecule has 5 heteroatoms. The van der Waals surface area contributed by atoms with Gasteiger partial charge in [-0.15, -0.1) is 0 Å². The smallest absolute Gasteiger partial charge is 0.330 e. The number of carbonyl (C=O) groups excluding carboxylic acids is 1. The molecule has 0 bridgehead atoms. The highest BCUT2D eigenvalue weighted by Crippen LogP contribution is 2.19. The van der Waals surface area contributed by atoms with E-state index in [1.165, 1.54) is 0 Å². The minimum Gasteiger partial charge on any atom is -0.493 e. The first-order valence-electron chi connectivity index (χ1n) is 7.74. The van der Waals surface area contributed by atoms with E-state index >= 15 is 0 Å². The first-order valence-corrected chi connectivity index (χ1v) is 7.74. The summed E-state index contributed by atoms with van der Waals surface area (Å²) in [6, 6.07) is 13.4. The molecule has 0 aromatic heterocycles. The van der Waals surface area contributed by atoms with Crippen molar-refractivity contribution >= 4 is 11.9 Å². The molecule has 5 nitrogen and oxygen atoms in total. The largest absolute Gasteiger partial charge is 0.493 e. The maximum absolute atomic E-state index is 12.0. The second-order valence-electron chi connectivity index (χ2n) is 5.62. The van der Waals surface area contributed by atoms with Gasteiger partial charge in [0.15, 0.2) is 6.04 Å². The number of hydrogen-bond donors (Lipinski definition) is 2. The lowest BCUT2D eigenvalue weighted by atomic mass is 10.1. The summed E-state index contributed by atoms with van der Waals surface area (Å²) >= 11 is 0. The number of carbonyl (C=O) groups is 2. The van der Waals surface area contributed by atoms with Crippen molar-refractivity contribution in [1.82, 2.24) is 5.32 Å².